The molecule has 0 aliphatic rings. The van der Waals surface area contributed by atoms with Gasteiger partial charge in [0, 0.05) is 12.2 Å². The van der Waals surface area contributed by atoms with E-state index in [1.807, 2.05) is 12.1 Å². The maximum atomic E-state index is 11.7. The Hall–Kier alpha value is -3.13. The summed E-state index contributed by atoms with van der Waals surface area (Å²) < 4.78 is 0. The van der Waals surface area contributed by atoms with E-state index in [-0.39, 0.29) is 5.91 Å². The van der Waals surface area contributed by atoms with Crippen LogP contribution >= 0.6 is 0 Å². The van der Waals surface area contributed by atoms with Gasteiger partial charge in [0.2, 0.25) is 0 Å². The summed E-state index contributed by atoms with van der Waals surface area (Å²) in [5.41, 5.74) is 2.56. The Morgan fingerprint density at radius 1 is 1.24 bits per heavy atom. The molecule has 0 spiro atoms. The average molecular weight is 278 g/mol. The second-order valence-electron chi connectivity index (χ2n) is 4.24. The molecule has 0 unspecified atom stereocenters. The van der Waals surface area contributed by atoms with Crippen LogP contribution in [0, 0.1) is 11.3 Å². The van der Waals surface area contributed by atoms with Crippen molar-refractivity contribution in [2.24, 2.45) is 0 Å². The van der Waals surface area contributed by atoms with Crippen LogP contribution in [0.4, 0.5) is 11.4 Å². The number of nitriles is 1. The highest BCUT2D eigenvalue weighted by Gasteiger charge is 2.05. The summed E-state index contributed by atoms with van der Waals surface area (Å²) >= 11 is 0. The molecule has 0 aliphatic carbocycles. The number of hydrogen-bond donors (Lipinski definition) is 2. The van der Waals surface area contributed by atoms with Crippen molar-refractivity contribution in [1.82, 2.24) is 10.3 Å². The summed E-state index contributed by atoms with van der Waals surface area (Å²) in [5, 5.41) is 14.5. The summed E-state index contributed by atoms with van der Waals surface area (Å²) in [6.45, 7) is 3.94. The fourth-order valence-corrected chi connectivity index (χ4v) is 1.65. The Bertz CT molecular complexity index is 669. The molecule has 2 N–H and O–H groups in total. The Morgan fingerprint density at radius 2 is 1.95 bits per heavy atom. The van der Waals surface area contributed by atoms with Crippen LogP contribution in [-0.2, 0) is 0 Å². The van der Waals surface area contributed by atoms with Gasteiger partial charge in [0.15, 0.2) is 0 Å². The lowest BCUT2D eigenvalue weighted by Crippen LogP contribution is -2.24. The highest BCUT2D eigenvalue weighted by molar-refractivity contribution is 5.92. The first-order chi connectivity index (χ1) is 10.2. The predicted molar refractivity (Wildman–Crippen MR) is 81.2 cm³/mol. The molecule has 21 heavy (non-hydrogen) atoms. The lowest BCUT2D eigenvalue weighted by Gasteiger charge is -2.07. The number of benzene rings is 1. The first kappa shape index (κ1) is 14.3. The van der Waals surface area contributed by atoms with Crippen LogP contribution in [0.1, 0.15) is 16.1 Å². The molecule has 1 aromatic heterocycles. The van der Waals surface area contributed by atoms with Crippen molar-refractivity contribution in [3.05, 3.63) is 66.5 Å². The Labute approximate surface area is 122 Å². The van der Waals surface area contributed by atoms with Gasteiger partial charge in [0.1, 0.15) is 5.69 Å². The number of carbonyl (C=O) groups is 1. The fourth-order valence-electron chi connectivity index (χ4n) is 1.65. The van der Waals surface area contributed by atoms with E-state index in [1.54, 1.807) is 36.5 Å². The fraction of sp³-hybridized carbons (Fsp3) is 0.0625. The summed E-state index contributed by atoms with van der Waals surface area (Å²) in [6.07, 6.45) is 3.19. The minimum Gasteiger partial charge on any atom is -0.354 e. The number of anilines is 2. The maximum Gasteiger partial charge on any atom is 0.270 e. The number of pyridine rings is 1. The Morgan fingerprint density at radius 3 is 2.52 bits per heavy atom. The zero-order valence-corrected chi connectivity index (χ0v) is 11.3. The molecule has 0 bridgehead atoms. The van der Waals surface area contributed by atoms with Crippen LogP contribution in [0.15, 0.2) is 55.3 Å². The average Bonchev–Trinajstić information content (AvgIpc) is 2.54. The topological polar surface area (TPSA) is 77.8 Å². The number of rotatable bonds is 5. The third-order valence-corrected chi connectivity index (χ3v) is 2.71. The third kappa shape index (κ3) is 3.91. The molecular weight excluding hydrogens is 264 g/mol. The Balaban J connectivity index is 2.03. The smallest absolute Gasteiger partial charge is 0.270 e. The van der Waals surface area contributed by atoms with E-state index < -0.39 is 0 Å². The molecule has 0 saturated carbocycles. The van der Waals surface area contributed by atoms with Gasteiger partial charge in [-0.1, -0.05) is 6.08 Å². The van der Waals surface area contributed by atoms with E-state index >= 15 is 0 Å². The van der Waals surface area contributed by atoms with Crippen molar-refractivity contribution < 1.29 is 4.79 Å². The SMILES string of the molecule is C=CCNC(=O)c1ccc(Nc2ccc(C#N)cc2)cn1. The summed E-state index contributed by atoms with van der Waals surface area (Å²) in [4.78, 5) is 15.8. The van der Waals surface area contributed by atoms with E-state index in [0.717, 1.165) is 11.4 Å². The maximum absolute atomic E-state index is 11.7. The normalized spacial score (nSPS) is 9.48. The van der Waals surface area contributed by atoms with Gasteiger partial charge in [-0.3, -0.25) is 4.79 Å². The zero-order valence-electron chi connectivity index (χ0n) is 11.3. The number of amides is 1. The molecule has 5 heteroatoms. The molecule has 1 aromatic carbocycles. The van der Waals surface area contributed by atoms with Crippen molar-refractivity contribution in [1.29, 1.82) is 5.26 Å². The number of aromatic nitrogens is 1. The van der Waals surface area contributed by atoms with E-state index in [4.69, 9.17) is 5.26 Å². The number of nitrogens with zero attached hydrogens (tertiary/aromatic N) is 2. The highest BCUT2D eigenvalue weighted by Crippen LogP contribution is 2.16. The van der Waals surface area contributed by atoms with Crippen molar-refractivity contribution >= 4 is 17.3 Å². The Kier molecular flexibility index (Phi) is 4.67. The first-order valence-corrected chi connectivity index (χ1v) is 6.35. The second kappa shape index (κ2) is 6.87. The van der Waals surface area contributed by atoms with Crippen molar-refractivity contribution in [2.75, 3.05) is 11.9 Å². The molecule has 2 aromatic rings. The van der Waals surface area contributed by atoms with E-state index in [1.165, 1.54) is 0 Å². The minimum atomic E-state index is -0.236. The minimum absolute atomic E-state index is 0.236. The zero-order chi connectivity index (χ0) is 15.1. The summed E-state index contributed by atoms with van der Waals surface area (Å²) in [5.74, 6) is -0.236. The van der Waals surface area contributed by atoms with Gasteiger partial charge in [0.05, 0.1) is 23.5 Å². The van der Waals surface area contributed by atoms with Crippen LogP contribution in [0.3, 0.4) is 0 Å². The molecule has 0 radical (unpaired) electrons. The van der Waals surface area contributed by atoms with Crippen LogP contribution in [0.2, 0.25) is 0 Å². The molecular formula is C16H14N4O. The van der Waals surface area contributed by atoms with Crippen LogP contribution in [0.5, 0.6) is 0 Å². The molecule has 0 fully saturated rings. The molecule has 0 aliphatic heterocycles. The first-order valence-electron chi connectivity index (χ1n) is 6.35. The van der Waals surface area contributed by atoms with Gasteiger partial charge in [0.25, 0.3) is 5.91 Å². The van der Waals surface area contributed by atoms with Crippen molar-refractivity contribution in [2.45, 2.75) is 0 Å². The molecule has 1 heterocycles. The monoisotopic (exact) mass is 278 g/mol. The number of carbonyl (C=O) groups excluding carboxylic acids is 1. The van der Waals surface area contributed by atoms with Gasteiger partial charge in [-0.15, -0.1) is 6.58 Å². The molecule has 1 amide bonds. The molecule has 5 nitrogen and oxygen atoms in total. The van der Waals surface area contributed by atoms with E-state index in [2.05, 4.69) is 28.3 Å². The largest absolute Gasteiger partial charge is 0.354 e. The van der Waals surface area contributed by atoms with Gasteiger partial charge < -0.3 is 10.6 Å². The molecule has 104 valence electrons. The molecule has 0 atom stereocenters. The van der Waals surface area contributed by atoms with Gasteiger partial charge in [-0.25, -0.2) is 4.98 Å². The standard InChI is InChI=1S/C16H14N4O/c1-2-9-18-16(21)15-8-7-14(11-19-15)20-13-5-3-12(10-17)4-6-13/h2-8,11,20H,1,9H2,(H,18,21). The van der Waals surface area contributed by atoms with Crippen molar-refractivity contribution in [3.8, 4) is 6.07 Å². The number of hydrogen-bond acceptors (Lipinski definition) is 4. The van der Waals surface area contributed by atoms with Gasteiger partial charge in [-0.05, 0) is 36.4 Å². The quantitative estimate of drug-likeness (QED) is 0.824. The highest BCUT2D eigenvalue weighted by atomic mass is 16.1. The summed E-state index contributed by atoms with van der Waals surface area (Å²) in [6, 6.07) is 12.6. The lowest BCUT2D eigenvalue weighted by atomic mass is 10.2. The van der Waals surface area contributed by atoms with E-state index in [9.17, 15) is 4.79 Å². The van der Waals surface area contributed by atoms with E-state index in [0.29, 0.717) is 17.8 Å². The second-order valence-corrected chi connectivity index (χ2v) is 4.24. The van der Waals surface area contributed by atoms with Gasteiger partial charge >= 0.3 is 0 Å². The lowest BCUT2D eigenvalue weighted by molar-refractivity contribution is 0.0953. The van der Waals surface area contributed by atoms with Crippen molar-refractivity contribution in [3.63, 3.8) is 0 Å². The summed E-state index contributed by atoms with van der Waals surface area (Å²) in [7, 11) is 0. The number of nitrogens with one attached hydrogen (secondary N) is 2. The van der Waals surface area contributed by atoms with Crippen LogP contribution in [0.25, 0.3) is 0 Å². The van der Waals surface area contributed by atoms with Crippen LogP contribution < -0.4 is 10.6 Å². The molecule has 0 saturated heterocycles. The predicted octanol–water partition coefficient (Wildman–Crippen LogP) is 2.61. The van der Waals surface area contributed by atoms with Crippen LogP contribution in [-0.4, -0.2) is 17.4 Å². The third-order valence-electron chi connectivity index (χ3n) is 2.71. The van der Waals surface area contributed by atoms with Gasteiger partial charge in [-0.2, -0.15) is 5.26 Å². The molecule has 2 rings (SSSR count).